The molecule has 0 unspecified atom stereocenters. The summed E-state index contributed by atoms with van der Waals surface area (Å²) < 4.78 is 51.8. The van der Waals surface area contributed by atoms with Gasteiger partial charge in [0.05, 0.1) is 23.7 Å². The van der Waals surface area contributed by atoms with Crippen molar-refractivity contribution in [2.75, 3.05) is 13.1 Å². The number of benzene rings is 1. The van der Waals surface area contributed by atoms with Crippen molar-refractivity contribution in [2.45, 2.75) is 5.92 Å². The standard InChI is InChI=1S/C10H9ClF4N2O/c11-6-2-7(12)5(1-8(6)13)9(18)17-4-10(14,15)3-16/h1-2H,3-4,16H2,(H,17,18). The van der Waals surface area contributed by atoms with Gasteiger partial charge in [-0.2, -0.15) is 0 Å². The number of hydrogen-bond acceptors (Lipinski definition) is 2. The van der Waals surface area contributed by atoms with Gasteiger partial charge in [-0.05, 0) is 12.1 Å². The number of nitrogens with two attached hydrogens (primary N) is 1. The first kappa shape index (κ1) is 14.7. The summed E-state index contributed by atoms with van der Waals surface area (Å²) in [5.74, 6) is -6.60. The number of alkyl halides is 2. The maximum atomic E-state index is 13.3. The van der Waals surface area contributed by atoms with Gasteiger partial charge in [-0.15, -0.1) is 0 Å². The van der Waals surface area contributed by atoms with Gasteiger partial charge < -0.3 is 11.1 Å². The van der Waals surface area contributed by atoms with Crippen LogP contribution < -0.4 is 11.1 Å². The van der Waals surface area contributed by atoms with Gasteiger partial charge in [0.25, 0.3) is 11.8 Å². The van der Waals surface area contributed by atoms with E-state index < -0.39 is 47.1 Å². The maximum Gasteiger partial charge on any atom is 0.277 e. The van der Waals surface area contributed by atoms with Crippen molar-refractivity contribution in [3.05, 3.63) is 34.4 Å². The molecule has 0 saturated carbocycles. The van der Waals surface area contributed by atoms with Gasteiger partial charge in [0, 0.05) is 0 Å². The number of amides is 1. The predicted octanol–water partition coefficient (Wildman–Crippen LogP) is 1.94. The molecule has 0 fully saturated rings. The third kappa shape index (κ3) is 3.58. The second kappa shape index (κ2) is 5.53. The fourth-order valence-corrected chi connectivity index (χ4v) is 1.22. The second-order valence-corrected chi connectivity index (χ2v) is 3.90. The zero-order valence-corrected chi connectivity index (χ0v) is 9.70. The Labute approximate surface area is 105 Å². The van der Waals surface area contributed by atoms with E-state index in [1.165, 1.54) is 0 Å². The Kier molecular flexibility index (Phi) is 4.53. The lowest BCUT2D eigenvalue weighted by atomic mass is 10.2. The third-order valence-corrected chi connectivity index (χ3v) is 2.35. The Morgan fingerprint density at radius 2 is 1.94 bits per heavy atom. The lowest BCUT2D eigenvalue weighted by Crippen LogP contribution is -2.41. The average molecular weight is 285 g/mol. The summed E-state index contributed by atoms with van der Waals surface area (Å²) in [6.45, 7) is -2.03. The van der Waals surface area contributed by atoms with E-state index in [4.69, 9.17) is 17.3 Å². The summed E-state index contributed by atoms with van der Waals surface area (Å²) >= 11 is 5.28. The lowest BCUT2D eigenvalue weighted by molar-refractivity contribution is 0.0118. The van der Waals surface area contributed by atoms with Gasteiger partial charge in [0.2, 0.25) is 0 Å². The highest BCUT2D eigenvalue weighted by atomic mass is 35.5. The molecule has 0 spiro atoms. The van der Waals surface area contributed by atoms with Gasteiger partial charge in [0.15, 0.2) is 0 Å². The quantitative estimate of drug-likeness (QED) is 0.656. The molecule has 0 aromatic heterocycles. The first-order valence-corrected chi connectivity index (χ1v) is 5.15. The van der Waals surface area contributed by atoms with E-state index in [1.54, 1.807) is 5.32 Å². The van der Waals surface area contributed by atoms with Crippen molar-refractivity contribution in [1.82, 2.24) is 5.32 Å². The van der Waals surface area contributed by atoms with Crippen LogP contribution in [0.25, 0.3) is 0 Å². The second-order valence-electron chi connectivity index (χ2n) is 3.49. The van der Waals surface area contributed by atoms with Gasteiger partial charge >= 0.3 is 0 Å². The molecular weight excluding hydrogens is 276 g/mol. The van der Waals surface area contributed by atoms with Crippen molar-refractivity contribution < 1.29 is 22.4 Å². The molecule has 0 radical (unpaired) electrons. The van der Waals surface area contributed by atoms with Crippen molar-refractivity contribution in [3.63, 3.8) is 0 Å². The predicted molar refractivity (Wildman–Crippen MR) is 57.7 cm³/mol. The lowest BCUT2D eigenvalue weighted by Gasteiger charge is -2.14. The van der Waals surface area contributed by atoms with E-state index in [-0.39, 0.29) is 0 Å². The minimum atomic E-state index is -3.31. The molecule has 1 rings (SSSR count). The fraction of sp³-hybridized carbons (Fsp3) is 0.300. The minimum absolute atomic E-state index is 0.503. The number of carbonyl (C=O) groups excluding carboxylic acids is 1. The normalized spacial score (nSPS) is 11.4. The van der Waals surface area contributed by atoms with Gasteiger partial charge in [-0.1, -0.05) is 11.6 Å². The van der Waals surface area contributed by atoms with E-state index >= 15 is 0 Å². The largest absolute Gasteiger partial charge is 0.346 e. The van der Waals surface area contributed by atoms with Gasteiger partial charge in [-0.3, -0.25) is 4.79 Å². The molecule has 3 nitrogen and oxygen atoms in total. The van der Waals surface area contributed by atoms with E-state index in [2.05, 4.69) is 0 Å². The highest BCUT2D eigenvalue weighted by Crippen LogP contribution is 2.19. The number of nitrogens with one attached hydrogen (secondary N) is 1. The van der Waals surface area contributed by atoms with Crippen LogP contribution >= 0.6 is 11.6 Å². The molecule has 18 heavy (non-hydrogen) atoms. The first-order chi connectivity index (χ1) is 8.26. The van der Waals surface area contributed by atoms with Crippen LogP contribution in [0, 0.1) is 11.6 Å². The average Bonchev–Trinajstić information content (AvgIpc) is 2.31. The van der Waals surface area contributed by atoms with E-state index in [0.717, 1.165) is 0 Å². The van der Waals surface area contributed by atoms with Crippen LogP contribution in [0.4, 0.5) is 17.6 Å². The summed E-state index contributed by atoms with van der Waals surface area (Å²) in [5, 5.41) is 1.26. The van der Waals surface area contributed by atoms with Gasteiger partial charge in [0.1, 0.15) is 11.6 Å². The van der Waals surface area contributed by atoms with Crippen LogP contribution in [0.15, 0.2) is 12.1 Å². The molecule has 8 heteroatoms. The number of hydrogen-bond donors (Lipinski definition) is 2. The van der Waals surface area contributed by atoms with Crippen molar-refractivity contribution in [1.29, 1.82) is 0 Å². The molecule has 3 N–H and O–H groups in total. The Morgan fingerprint density at radius 3 is 2.50 bits per heavy atom. The summed E-state index contributed by atoms with van der Waals surface area (Å²) in [5.41, 5.74) is 4.05. The van der Waals surface area contributed by atoms with Crippen LogP contribution in [-0.2, 0) is 0 Å². The van der Waals surface area contributed by atoms with E-state index in [9.17, 15) is 22.4 Å². The molecule has 0 bridgehead atoms. The molecule has 1 aromatic rings. The highest BCUT2D eigenvalue weighted by Gasteiger charge is 2.28. The van der Waals surface area contributed by atoms with Crippen molar-refractivity contribution >= 4 is 17.5 Å². The monoisotopic (exact) mass is 284 g/mol. The zero-order chi connectivity index (χ0) is 13.9. The molecule has 100 valence electrons. The SMILES string of the molecule is NCC(F)(F)CNC(=O)c1cc(F)c(Cl)cc1F. The topological polar surface area (TPSA) is 55.1 Å². The van der Waals surface area contributed by atoms with E-state index in [1.807, 2.05) is 0 Å². The highest BCUT2D eigenvalue weighted by molar-refractivity contribution is 6.30. The molecule has 1 aromatic carbocycles. The van der Waals surface area contributed by atoms with E-state index in [0.29, 0.717) is 12.1 Å². The molecule has 0 aliphatic rings. The third-order valence-electron chi connectivity index (χ3n) is 2.06. The maximum absolute atomic E-state index is 13.3. The summed E-state index contributed by atoms with van der Waals surface area (Å²) in [6, 6.07) is 1.13. The van der Waals surface area contributed by atoms with Crippen molar-refractivity contribution in [2.24, 2.45) is 5.73 Å². The summed E-state index contributed by atoms with van der Waals surface area (Å²) in [7, 11) is 0. The summed E-state index contributed by atoms with van der Waals surface area (Å²) in [4.78, 5) is 11.4. The Morgan fingerprint density at radius 1 is 1.33 bits per heavy atom. The number of halogens is 5. The van der Waals surface area contributed by atoms with Crippen LogP contribution in [-0.4, -0.2) is 24.9 Å². The fourth-order valence-electron chi connectivity index (χ4n) is 1.07. The Balaban J connectivity index is 2.82. The van der Waals surface area contributed by atoms with Crippen LogP contribution in [0.2, 0.25) is 5.02 Å². The first-order valence-electron chi connectivity index (χ1n) is 4.77. The molecular formula is C10H9ClF4N2O. The van der Waals surface area contributed by atoms with Gasteiger partial charge in [-0.25, -0.2) is 17.6 Å². The minimum Gasteiger partial charge on any atom is -0.346 e. The number of carbonyl (C=O) groups is 1. The van der Waals surface area contributed by atoms with Crippen molar-refractivity contribution in [3.8, 4) is 0 Å². The molecule has 1 amide bonds. The summed E-state index contributed by atoms with van der Waals surface area (Å²) in [6.07, 6.45) is 0. The Bertz CT molecular complexity index is 467. The molecule has 0 heterocycles. The Hall–Kier alpha value is -1.34. The van der Waals surface area contributed by atoms with Crippen LogP contribution in [0.1, 0.15) is 10.4 Å². The zero-order valence-electron chi connectivity index (χ0n) is 8.94. The molecule has 0 saturated heterocycles. The number of rotatable bonds is 4. The molecule has 0 aliphatic carbocycles. The van der Waals surface area contributed by atoms with Crippen LogP contribution in [0.5, 0.6) is 0 Å². The molecule has 0 atom stereocenters. The smallest absolute Gasteiger partial charge is 0.277 e. The molecule has 0 aliphatic heterocycles. The van der Waals surface area contributed by atoms with Crippen LogP contribution in [0.3, 0.4) is 0 Å².